The third kappa shape index (κ3) is 4.51. The number of halogens is 1. The SMILES string of the molecule is COc1ccc2c(c1)CCN(C1CCN(c3c[n+](C(=O)N4CCc5cc(F)ccc54)ccn3)CC1)C(=O)N2. The molecule has 3 amide bonds. The lowest BCUT2D eigenvalue weighted by molar-refractivity contribution is -0.569. The molecule has 3 aliphatic heterocycles. The van der Waals surface area contributed by atoms with E-state index in [1.807, 2.05) is 23.1 Å². The Balaban J connectivity index is 1.11. The Morgan fingerprint density at radius 2 is 1.89 bits per heavy atom. The molecule has 2 aromatic carbocycles. The van der Waals surface area contributed by atoms with Crippen LogP contribution in [0.15, 0.2) is 55.0 Å². The van der Waals surface area contributed by atoms with Gasteiger partial charge in [0, 0.05) is 43.3 Å². The van der Waals surface area contributed by atoms with Crippen molar-refractivity contribution in [3.05, 3.63) is 71.9 Å². The predicted octanol–water partition coefficient (Wildman–Crippen LogP) is 3.61. The number of nitrogens with zero attached hydrogens (tertiary/aromatic N) is 5. The Morgan fingerprint density at radius 1 is 1.08 bits per heavy atom. The van der Waals surface area contributed by atoms with Gasteiger partial charge in [-0.1, -0.05) is 0 Å². The van der Waals surface area contributed by atoms with Crippen LogP contribution in [0.5, 0.6) is 5.75 Å². The number of nitrogens with one attached hydrogen (secondary N) is 1. The molecule has 1 saturated heterocycles. The number of anilines is 3. The zero-order valence-electron chi connectivity index (χ0n) is 21.3. The summed E-state index contributed by atoms with van der Waals surface area (Å²) in [5, 5.41) is 3.06. The van der Waals surface area contributed by atoms with Crippen LogP contribution in [0.4, 0.5) is 31.2 Å². The largest absolute Gasteiger partial charge is 0.503 e. The summed E-state index contributed by atoms with van der Waals surface area (Å²) in [7, 11) is 1.64. The Bertz CT molecular complexity index is 1390. The van der Waals surface area contributed by atoms with Gasteiger partial charge in [-0.15, -0.1) is 0 Å². The predicted molar refractivity (Wildman–Crippen MR) is 140 cm³/mol. The maximum atomic E-state index is 13.6. The number of carbonyl (C=O) groups excluding carboxylic acids is 2. The van der Waals surface area contributed by atoms with E-state index in [1.54, 1.807) is 41.2 Å². The van der Waals surface area contributed by atoms with Crippen molar-refractivity contribution < 1.29 is 23.3 Å². The molecule has 0 unspecified atom stereocenters. The molecule has 9 nitrogen and oxygen atoms in total. The first-order valence-corrected chi connectivity index (χ1v) is 13.0. The van der Waals surface area contributed by atoms with Crippen molar-refractivity contribution in [1.82, 2.24) is 9.88 Å². The Hall–Kier alpha value is -4.21. The number of rotatable bonds is 3. The van der Waals surface area contributed by atoms with Crippen molar-refractivity contribution in [2.24, 2.45) is 0 Å². The molecular weight excluding hydrogens is 487 g/mol. The summed E-state index contributed by atoms with van der Waals surface area (Å²) >= 11 is 0. The summed E-state index contributed by atoms with van der Waals surface area (Å²) in [5.41, 5.74) is 3.50. The van der Waals surface area contributed by atoms with Crippen LogP contribution in [0.25, 0.3) is 0 Å². The van der Waals surface area contributed by atoms with Crippen LogP contribution in [0.1, 0.15) is 24.0 Å². The van der Waals surface area contributed by atoms with E-state index in [1.165, 1.54) is 12.1 Å². The monoisotopic (exact) mass is 517 g/mol. The average molecular weight is 518 g/mol. The fourth-order valence-electron chi connectivity index (χ4n) is 5.68. The second-order valence-electron chi connectivity index (χ2n) is 9.89. The van der Waals surface area contributed by atoms with E-state index in [9.17, 15) is 14.0 Å². The molecule has 1 N–H and O–H groups in total. The molecule has 3 aromatic rings. The number of hydrogen-bond donors (Lipinski definition) is 1. The number of carbonyl (C=O) groups is 2. The lowest BCUT2D eigenvalue weighted by Gasteiger charge is -2.38. The smallest absolute Gasteiger partial charge is 0.497 e. The van der Waals surface area contributed by atoms with Crippen molar-refractivity contribution in [3.8, 4) is 5.75 Å². The minimum Gasteiger partial charge on any atom is -0.497 e. The van der Waals surface area contributed by atoms with E-state index >= 15 is 0 Å². The van der Waals surface area contributed by atoms with Crippen LogP contribution in [0.3, 0.4) is 0 Å². The van der Waals surface area contributed by atoms with Crippen LogP contribution < -0.4 is 24.4 Å². The molecule has 6 rings (SSSR count). The third-order valence-electron chi connectivity index (χ3n) is 7.74. The molecule has 0 aliphatic carbocycles. The molecule has 0 atom stereocenters. The molecule has 4 heterocycles. The normalized spacial score (nSPS) is 17.5. The van der Waals surface area contributed by atoms with E-state index < -0.39 is 0 Å². The fourth-order valence-corrected chi connectivity index (χ4v) is 5.68. The summed E-state index contributed by atoms with van der Waals surface area (Å²) in [4.78, 5) is 36.6. The Kier molecular flexibility index (Phi) is 6.30. The van der Waals surface area contributed by atoms with Gasteiger partial charge in [0.2, 0.25) is 0 Å². The number of urea groups is 1. The number of piperidine rings is 1. The third-order valence-corrected chi connectivity index (χ3v) is 7.74. The standard InChI is InChI=1S/C28H29FN6O3/c1-38-23-3-4-24-19(17-23)6-13-34(27(36)31-24)22-8-11-32(12-9-22)26-18-33(15-10-30-26)28(37)35-14-7-20-16-21(29)2-5-25(20)35/h2-5,10,15-18,22H,6-9,11-14H2,1H3/p+1. The molecule has 10 heteroatoms. The molecular formula is C28H30FN6O3+. The molecule has 0 spiro atoms. The van der Waals surface area contributed by atoms with Gasteiger partial charge >= 0.3 is 12.1 Å². The lowest BCUT2D eigenvalue weighted by Crippen LogP contribution is -2.53. The van der Waals surface area contributed by atoms with Crippen LogP contribution in [0.2, 0.25) is 0 Å². The van der Waals surface area contributed by atoms with Gasteiger partial charge in [0.1, 0.15) is 29.6 Å². The number of hydrogen-bond acceptors (Lipinski definition) is 5. The Morgan fingerprint density at radius 3 is 2.71 bits per heavy atom. The number of ether oxygens (including phenoxy) is 1. The van der Waals surface area contributed by atoms with Gasteiger partial charge in [-0.25, -0.2) is 14.2 Å². The van der Waals surface area contributed by atoms with Gasteiger partial charge in [-0.3, -0.25) is 0 Å². The van der Waals surface area contributed by atoms with Crippen LogP contribution in [-0.4, -0.2) is 61.3 Å². The molecule has 0 saturated carbocycles. The fraction of sp³-hybridized carbons (Fsp3) is 0.357. The minimum atomic E-state index is -0.289. The van der Waals surface area contributed by atoms with Gasteiger partial charge < -0.3 is 19.9 Å². The van der Waals surface area contributed by atoms with Crippen molar-refractivity contribution >= 4 is 29.3 Å². The van der Waals surface area contributed by atoms with Crippen molar-refractivity contribution in [2.45, 2.75) is 31.7 Å². The number of aromatic nitrogens is 2. The lowest BCUT2D eigenvalue weighted by atomic mass is 10.0. The van der Waals surface area contributed by atoms with Crippen molar-refractivity contribution in [3.63, 3.8) is 0 Å². The topological polar surface area (TPSA) is 81.9 Å². The van der Waals surface area contributed by atoms with E-state index in [-0.39, 0.29) is 23.9 Å². The first-order valence-electron chi connectivity index (χ1n) is 13.0. The summed E-state index contributed by atoms with van der Waals surface area (Å²) in [6.07, 6.45) is 8.05. The van der Waals surface area contributed by atoms with Crippen molar-refractivity contribution in [1.29, 1.82) is 0 Å². The highest BCUT2D eigenvalue weighted by atomic mass is 19.1. The summed E-state index contributed by atoms with van der Waals surface area (Å²) in [6.45, 7) is 2.62. The number of fused-ring (bicyclic) bond motifs is 2. The highest BCUT2D eigenvalue weighted by Crippen LogP contribution is 2.30. The van der Waals surface area contributed by atoms with Crippen LogP contribution in [0, 0.1) is 5.82 Å². The molecule has 0 radical (unpaired) electrons. The maximum absolute atomic E-state index is 13.6. The Labute approximate surface area is 220 Å². The van der Waals surface area contributed by atoms with Gasteiger partial charge in [0.05, 0.1) is 19.9 Å². The average Bonchev–Trinajstić information content (AvgIpc) is 3.28. The van der Waals surface area contributed by atoms with Gasteiger partial charge in [0.25, 0.3) is 0 Å². The quantitative estimate of drug-likeness (QED) is 0.537. The maximum Gasteiger partial charge on any atom is 0.503 e. The second kappa shape index (κ2) is 9.92. The number of amides is 3. The second-order valence-corrected chi connectivity index (χ2v) is 9.89. The highest BCUT2D eigenvalue weighted by Gasteiger charge is 2.35. The summed E-state index contributed by atoms with van der Waals surface area (Å²) in [5.74, 6) is 1.22. The molecule has 196 valence electrons. The zero-order valence-corrected chi connectivity index (χ0v) is 21.3. The van der Waals surface area contributed by atoms with Gasteiger partial charge in [-0.05, 0) is 61.2 Å². The number of methoxy groups -OCH3 is 1. The molecule has 1 fully saturated rings. The van der Waals surface area contributed by atoms with Gasteiger partial charge in [-0.2, -0.15) is 14.3 Å². The van der Waals surface area contributed by atoms with E-state index in [2.05, 4.69) is 15.2 Å². The zero-order chi connectivity index (χ0) is 26.2. The van der Waals surface area contributed by atoms with E-state index in [4.69, 9.17) is 4.74 Å². The summed E-state index contributed by atoms with van der Waals surface area (Å²) in [6, 6.07) is 10.2. The highest BCUT2D eigenvalue weighted by molar-refractivity contribution is 5.91. The first-order chi connectivity index (χ1) is 18.5. The van der Waals surface area contributed by atoms with E-state index in [0.717, 1.165) is 66.4 Å². The van der Waals surface area contributed by atoms with Gasteiger partial charge in [0.15, 0.2) is 5.82 Å². The molecule has 3 aliphatic rings. The molecule has 0 bridgehead atoms. The first kappa shape index (κ1) is 24.1. The van der Waals surface area contributed by atoms with Crippen molar-refractivity contribution in [2.75, 3.05) is 48.4 Å². The summed E-state index contributed by atoms with van der Waals surface area (Å²) < 4.78 is 20.5. The number of benzene rings is 2. The van der Waals surface area contributed by atoms with Crippen LogP contribution >= 0.6 is 0 Å². The molecule has 38 heavy (non-hydrogen) atoms. The molecule has 1 aromatic heterocycles. The van der Waals surface area contributed by atoms with E-state index in [0.29, 0.717) is 19.5 Å². The van der Waals surface area contributed by atoms with Crippen LogP contribution in [-0.2, 0) is 12.8 Å². The minimum absolute atomic E-state index is 0.0700.